The van der Waals surface area contributed by atoms with Gasteiger partial charge in [-0.05, 0) is 12.1 Å². The molecule has 0 amide bonds. The number of alkyl halides is 1. The number of hydrogen-bond donors (Lipinski definition) is 1. The second-order valence-electron chi connectivity index (χ2n) is 2.51. The van der Waals surface area contributed by atoms with E-state index in [4.69, 9.17) is 11.6 Å². The van der Waals surface area contributed by atoms with Gasteiger partial charge >= 0.3 is 0 Å². The molecule has 63 valence electrons. The van der Waals surface area contributed by atoms with Gasteiger partial charge in [0.2, 0.25) is 0 Å². The van der Waals surface area contributed by atoms with Crippen molar-refractivity contribution in [1.29, 1.82) is 0 Å². The van der Waals surface area contributed by atoms with Crippen LogP contribution >= 0.6 is 11.6 Å². The molecule has 0 aliphatic rings. The Morgan fingerprint density at radius 2 is 2.17 bits per heavy atom. The van der Waals surface area contributed by atoms with Gasteiger partial charge in [0.15, 0.2) is 0 Å². The Morgan fingerprint density at radius 1 is 1.50 bits per heavy atom. The van der Waals surface area contributed by atoms with Crippen molar-refractivity contribution in [2.45, 2.75) is 12.4 Å². The van der Waals surface area contributed by atoms with Crippen LogP contribution in [0.3, 0.4) is 0 Å². The van der Waals surface area contributed by atoms with E-state index in [1.54, 1.807) is 0 Å². The maximum absolute atomic E-state index is 6.07. The SMILES string of the molecule is CCNC(Cl)c1ccccc1[Si]. The normalized spacial score (nSPS) is 12.9. The Labute approximate surface area is 81.6 Å². The minimum Gasteiger partial charge on any atom is -0.298 e. The Kier molecular flexibility index (Phi) is 3.79. The predicted molar refractivity (Wildman–Crippen MR) is 54.1 cm³/mol. The molecule has 0 aliphatic heterocycles. The lowest BCUT2D eigenvalue weighted by molar-refractivity contribution is 0.703. The number of nitrogens with one attached hydrogen (secondary N) is 1. The summed E-state index contributed by atoms with van der Waals surface area (Å²) < 4.78 is 0. The highest BCUT2D eigenvalue weighted by Gasteiger charge is 2.06. The molecule has 1 unspecified atom stereocenters. The van der Waals surface area contributed by atoms with E-state index < -0.39 is 0 Å². The van der Waals surface area contributed by atoms with Gasteiger partial charge < -0.3 is 0 Å². The largest absolute Gasteiger partial charge is 0.298 e. The van der Waals surface area contributed by atoms with Crippen LogP contribution in [0.4, 0.5) is 0 Å². The van der Waals surface area contributed by atoms with Crippen LogP contribution in [-0.4, -0.2) is 16.8 Å². The van der Waals surface area contributed by atoms with Crippen molar-refractivity contribution in [3.05, 3.63) is 29.8 Å². The Balaban J connectivity index is 2.79. The second-order valence-corrected chi connectivity index (χ2v) is 3.48. The fraction of sp³-hybridized carbons (Fsp3) is 0.333. The van der Waals surface area contributed by atoms with Gasteiger partial charge in [-0.15, -0.1) is 11.6 Å². The fourth-order valence-electron chi connectivity index (χ4n) is 1.01. The summed E-state index contributed by atoms with van der Waals surface area (Å²) in [6.07, 6.45) is 0. The lowest BCUT2D eigenvalue weighted by Gasteiger charge is -2.12. The maximum Gasteiger partial charge on any atom is 0.108 e. The molecule has 3 heteroatoms. The summed E-state index contributed by atoms with van der Waals surface area (Å²) in [6, 6.07) is 7.94. The molecule has 0 spiro atoms. The van der Waals surface area contributed by atoms with Gasteiger partial charge in [-0.1, -0.05) is 36.4 Å². The van der Waals surface area contributed by atoms with E-state index in [0.717, 1.165) is 17.3 Å². The van der Waals surface area contributed by atoms with Crippen LogP contribution in [0.1, 0.15) is 18.0 Å². The molecule has 0 aliphatic carbocycles. The summed E-state index contributed by atoms with van der Waals surface area (Å²) in [7, 11) is 3.49. The third kappa shape index (κ3) is 2.34. The van der Waals surface area contributed by atoms with Gasteiger partial charge in [-0.25, -0.2) is 0 Å². The Bertz CT molecular complexity index is 252. The molecule has 0 saturated carbocycles. The first-order chi connectivity index (χ1) is 5.75. The standard InChI is InChI=1S/C9H11ClNSi/c1-2-11-9(10)7-5-3-4-6-8(7)12/h3-6,9,11H,2H2,1H3. The van der Waals surface area contributed by atoms with Crippen LogP contribution in [-0.2, 0) is 0 Å². The molecule has 12 heavy (non-hydrogen) atoms. The van der Waals surface area contributed by atoms with E-state index in [9.17, 15) is 0 Å². The molecule has 3 radical (unpaired) electrons. The second kappa shape index (κ2) is 4.65. The van der Waals surface area contributed by atoms with Gasteiger partial charge in [0, 0.05) is 0 Å². The molecule has 1 aromatic carbocycles. The summed E-state index contributed by atoms with van der Waals surface area (Å²) in [5.41, 5.74) is 0.974. The Morgan fingerprint density at radius 3 is 2.75 bits per heavy atom. The van der Waals surface area contributed by atoms with Crippen LogP contribution in [0.25, 0.3) is 0 Å². The third-order valence-corrected chi connectivity index (χ3v) is 2.46. The lowest BCUT2D eigenvalue weighted by atomic mass is 10.2. The topological polar surface area (TPSA) is 12.0 Å². The highest BCUT2D eigenvalue weighted by Crippen LogP contribution is 2.13. The van der Waals surface area contributed by atoms with Crippen molar-refractivity contribution in [1.82, 2.24) is 5.32 Å². The molecular weight excluding hydrogens is 186 g/mol. The zero-order valence-electron chi connectivity index (χ0n) is 6.97. The van der Waals surface area contributed by atoms with Gasteiger partial charge in [0.05, 0.1) is 10.2 Å². The lowest BCUT2D eigenvalue weighted by Crippen LogP contribution is -2.22. The van der Waals surface area contributed by atoms with Crippen molar-refractivity contribution in [3.63, 3.8) is 0 Å². The minimum absolute atomic E-state index is 0.108. The molecule has 1 rings (SSSR count). The number of rotatable bonds is 3. The highest BCUT2D eigenvalue weighted by molar-refractivity contribution is 6.34. The van der Waals surface area contributed by atoms with Crippen molar-refractivity contribution in [3.8, 4) is 0 Å². The zero-order chi connectivity index (χ0) is 8.97. The quantitative estimate of drug-likeness (QED) is 0.437. The summed E-state index contributed by atoms with van der Waals surface area (Å²) in [5.74, 6) is 0. The van der Waals surface area contributed by atoms with E-state index in [0.29, 0.717) is 0 Å². The van der Waals surface area contributed by atoms with Gasteiger partial charge in [-0.2, -0.15) is 0 Å². The average molecular weight is 197 g/mol. The van der Waals surface area contributed by atoms with Crippen molar-refractivity contribution in [2.24, 2.45) is 0 Å². The number of benzene rings is 1. The van der Waals surface area contributed by atoms with Gasteiger partial charge in [0.1, 0.15) is 5.50 Å². The third-order valence-electron chi connectivity index (χ3n) is 1.62. The monoisotopic (exact) mass is 196 g/mol. The first kappa shape index (κ1) is 9.77. The highest BCUT2D eigenvalue weighted by atomic mass is 35.5. The van der Waals surface area contributed by atoms with Crippen LogP contribution in [0.2, 0.25) is 0 Å². The summed E-state index contributed by atoms with van der Waals surface area (Å²) in [4.78, 5) is 0. The predicted octanol–water partition coefficient (Wildman–Crippen LogP) is 1.33. The maximum atomic E-state index is 6.07. The Hall–Kier alpha value is -0.313. The molecule has 0 heterocycles. The smallest absolute Gasteiger partial charge is 0.108 e. The van der Waals surface area contributed by atoms with Crippen molar-refractivity contribution >= 4 is 27.0 Å². The molecule has 0 fully saturated rings. The first-order valence-electron chi connectivity index (χ1n) is 3.93. The van der Waals surface area contributed by atoms with Crippen LogP contribution in [0.15, 0.2) is 24.3 Å². The van der Waals surface area contributed by atoms with Crippen LogP contribution < -0.4 is 10.5 Å². The van der Waals surface area contributed by atoms with E-state index in [2.05, 4.69) is 15.6 Å². The van der Waals surface area contributed by atoms with Gasteiger partial charge in [0.25, 0.3) is 0 Å². The van der Waals surface area contributed by atoms with Crippen LogP contribution in [0.5, 0.6) is 0 Å². The van der Waals surface area contributed by atoms with E-state index in [-0.39, 0.29) is 5.50 Å². The average Bonchev–Trinajstić information content (AvgIpc) is 2.05. The molecule has 1 aromatic rings. The summed E-state index contributed by atoms with van der Waals surface area (Å²) in [6.45, 7) is 2.90. The van der Waals surface area contributed by atoms with Crippen LogP contribution in [0, 0.1) is 0 Å². The van der Waals surface area contributed by atoms with Gasteiger partial charge in [-0.3, -0.25) is 5.32 Å². The first-order valence-corrected chi connectivity index (χ1v) is 4.87. The van der Waals surface area contributed by atoms with Crippen molar-refractivity contribution in [2.75, 3.05) is 6.54 Å². The van der Waals surface area contributed by atoms with E-state index in [1.807, 2.05) is 31.2 Å². The van der Waals surface area contributed by atoms with E-state index in [1.165, 1.54) is 0 Å². The molecular formula is C9H11ClNSi. The number of hydrogen-bond acceptors (Lipinski definition) is 1. The molecule has 0 bridgehead atoms. The molecule has 0 aromatic heterocycles. The summed E-state index contributed by atoms with van der Waals surface area (Å²) in [5, 5.41) is 4.18. The molecule has 1 atom stereocenters. The summed E-state index contributed by atoms with van der Waals surface area (Å²) >= 11 is 6.07. The fourth-order valence-corrected chi connectivity index (χ4v) is 1.77. The molecule has 1 N–H and O–H groups in total. The van der Waals surface area contributed by atoms with E-state index >= 15 is 0 Å². The molecule has 1 nitrogen and oxygen atoms in total. The van der Waals surface area contributed by atoms with Crippen molar-refractivity contribution < 1.29 is 0 Å². The molecule has 0 saturated heterocycles. The zero-order valence-corrected chi connectivity index (χ0v) is 8.73. The minimum atomic E-state index is -0.108. The number of halogens is 1.